The number of amides is 1. The molecular formula is C6H11NO4. The number of nitrogens with one attached hydrogen (secondary N) is 1. The standard InChI is InChI=1S/C6H11NO4/c1-2-11-6(10)3-7-5(9)4-8/h8H,2-4H2,1H3,(H,7,9). The third-order valence-electron chi connectivity index (χ3n) is 0.879. The Labute approximate surface area is 64.3 Å². The van der Waals surface area contributed by atoms with Gasteiger partial charge in [0.2, 0.25) is 5.91 Å². The Kier molecular flexibility index (Phi) is 5.10. The fraction of sp³-hybridized carbons (Fsp3) is 0.667. The Morgan fingerprint density at radius 3 is 2.64 bits per heavy atom. The van der Waals surface area contributed by atoms with Gasteiger partial charge in [0.05, 0.1) is 6.61 Å². The monoisotopic (exact) mass is 161 g/mol. The smallest absolute Gasteiger partial charge is 0.325 e. The van der Waals surface area contributed by atoms with E-state index < -0.39 is 18.5 Å². The van der Waals surface area contributed by atoms with Gasteiger partial charge in [-0.3, -0.25) is 9.59 Å². The number of hydrogen-bond donors (Lipinski definition) is 2. The minimum absolute atomic E-state index is 0.187. The zero-order valence-electron chi connectivity index (χ0n) is 6.29. The molecule has 0 heterocycles. The molecule has 2 N–H and O–H groups in total. The van der Waals surface area contributed by atoms with Gasteiger partial charge in [-0.2, -0.15) is 0 Å². The zero-order chi connectivity index (χ0) is 8.69. The molecule has 11 heavy (non-hydrogen) atoms. The fourth-order valence-electron chi connectivity index (χ4n) is 0.439. The van der Waals surface area contributed by atoms with E-state index in [9.17, 15) is 9.59 Å². The van der Waals surface area contributed by atoms with E-state index >= 15 is 0 Å². The number of ether oxygens (including phenoxy) is 1. The Balaban J connectivity index is 3.38. The summed E-state index contributed by atoms with van der Waals surface area (Å²) in [5.74, 6) is -1.09. The highest BCUT2D eigenvalue weighted by atomic mass is 16.5. The maximum atomic E-state index is 10.5. The summed E-state index contributed by atoms with van der Waals surface area (Å²) in [6, 6.07) is 0. The summed E-state index contributed by atoms with van der Waals surface area (Å²) < 4.78 is 4.50. The van der Waals surface area contributed by atoms with Crippen LogP contribution in [0.1, 0.15) is 6.92 Å². The number of hydrogen-bond acceptors (Lipinski definition) is 4. The van der Waals surface area contributed by atoms with Gasteiger partial charge in [0.1, 0.15) is 13.2 Å². The molecule has 5 nitrogen and oxygen atoms in total. The van der Waals surface area contributed by atoms with E-state index in [0.29, 0.717) is 0 Å². The van der Waals surface area contributed by atoms with Crippen LogP contribution < -0.4 is 5.32 Å². The van der Waals surface area contributed by atoms with E-state index in [4.69, 9.17) is 5.11 Å². The van der Waals surface area contributed by atoms with Crippen LogP contribution in [0, 0.1) is 0 Å². The first kappa shape index (κ1) is 9.90. The van der Waals surface area contributed by atoms with E-state index in [2.05, 4.69) is 10.1 Å². The first-order valence-electron chi connectivity index (χ1n) is 3.24. The molecule has 0 aromatic rings. The second-order valence-corrected chi connectivity index (χ2v) is 1.74. The van der Waals surface area contributed by atoms with Crippen molar-refractivity contribution < 1.29 is 19.4 Å². The van der Waals surface area contributed by atoms with Crippen LogP contribution >= 0.6 is 0 Å². The lowest BCUT2D eigenvalue weighted by Crippen LogP contribution is -2.32. The number of carbonyl (C=O) groups excluding carboxylic acids is 2. The van der Waals surface area contributed by atoms with Crippen molar-refractivity contribution in [1.82, 2.24) is 5.32 Å². The highest BCUT2D eigenvalue weighted by Gasteiger charge is 2.03. The molecule has 1 amide bonds. The number of aliphatic hydroxyl groups is 1. The molecule has 0 unspecified atom stereocenters. The van der Waals surface area contributed by atoms with Gasteiger partial charge in [-0.25, -0.2) is 0 Å². The van der Waals surface area contributed by atoms with Crippen molar-refractivity contribution in [3.63, 3.8) is 0 Å². The molecule has 64 valence electrons. The summed E-state index contributed by atoms with van der Waals surface area (Å²) in [7, 11) is 0. The predicted octanol–water partition coefficient (Wildman–Crippen LogP) is -1.34. The molecule has 0 bridgehead atoms. The predicted molar refractivity (Wildman–Crippen MR) is 36.7 cm³/mol. The van der Waals surface area contributed by atoms with Gasteiger partial charge >= 0.3 is 5.97 Å². The average molecular weight is 161 g/mol. The number of esters is 1. The van der Waals surface area contributed by atoms with E-state index in [1.165, 1.54) is 0 Å². The summed E-state index contributed by atoms with van der Waals surface area (Å²) in [6.45, 7) is 1.16. The van der Waals surface area contributed by atoms with Gasteiger partial charge in [-0.15, -0.1) is 0 Å². The van der Waals surface area contributed by atoms with Crippen molar-refractivity contribution in [3.8, 4) is 0 Å². The molecule has 0 aromatic carbocycles. The van der Waals surface area contributed by atoms with Crippen LogP contribution in [0.15, 0.2) is 0 Å². The second kappa shape index (κ2) is 5.67. The van der Waals surface area contributed by atoms with Gasteiger partial charge < -0.3 is 15.2 Å². The third kappa shape index (κ3) is 5.35. The van der Waals surface area contributed by atoms with Gasteiger partial charge in [-0.05, 0) is 6.92 Å². The molecule has 0 aliphatic rings. The summed E-state index contributed by atoms with van der Waals surface area (Å²) >= 11 is 0. The number of rotatable bonds is 4. The summed E-state index contributed by atoms with van der Waals surface area (Å²) in [6.07, 6.45) is 0. The van der Waals surface area contributed by atoms with E-state index in [1.807, 2.05) is 0 Å². The maximum absolute atomic E-state index is 10.5. The van der Waals surface area contributed by atoms with Gasteiger partial charge in [0.25, 0.3) is 0 Å². The lowest BCUT2D eigenvalue weighted by atomic mass is 10.6. The van der Waals surface area contributed by atoms with E-state index in [0.717, 1.165) is 0 Å². The largest absolute Gasteiger partial charge is 0.465 e. The van der Waals surface area contributed by atoms with Crippen LogP contribution in [0.5, 0.6) is 0 Å². The molecule has 0 aromatic heterocycles. The van der Waals surface area contributed by atoms with E-state index in [-0.39, 0.29) is 13.2 Å². The molecule has 0 fully saturated rings. The minimum atomic E-state index is -0.612. The van der Waals surface area contributed by atoms with Crippen molar-refractivity contribution in [1.29, 1.82) is 0 Å². The Morgan fingerprint density at radius 2 is 2.18 bits per heavy atom. The van der Waals surface area contributed by atoms with Crippen LogP contribution in [-0.4, -0.2) is 36.7 Å². The van der Waals surface area contributed by atoms with Crippen molar-refractivity contribution >= 4 is 11.9 Å². The summed E-state index contributed by atoms with van der Waals surface area (Å²) in [4.78, 5) is 20.9. The molecule has 0 spiro atoms. The summed E-state index contributed by atoms with van der Waals surface area (Å²) in [5.41, 5.74) is 0. The van der Waals surface area contributed by atoms with E-state index in [1.54, 1.807) is 6.92 Å². The lowest BCUT2D eigenvalue weighted by Gasteiger charge is -2.01. The van der Waals surface area contributed by atoms with Crippen molar-refractivity contribution in [2.75, 3.05) is 19.8 Å². The Morgan fingerprint density at radius 1 is 1.55 bits per heavy atom. The van der Waals surface area contributed by atoms with Crippen LogP contribution in [0.2, 0.25) is 0 Å². The molecule has 0 saturated heterocycles. The second-order valence-electron chi connectivity index (χ2n) is 1.74. The molecule has 0 radical (unpaired) electrons. The van der Waals surface area contributed by atoms with Gasteiger partial charge in [0.15, 0.2) is 0 Å². The summed E-state index contributed by atoms with van der Waals surface area (Å²) in [5, 5.41) is 10.4. The number of aliphatic hydroxyl groups excluding tert-OH is 1. The average Bonchev–Trinajstić information content (AvgIpc) is 2.01. The quantitative estimate of drug-likeness (QED) is 0.500. The molecule has 0 aliphatic carbocycles. The topological polar surface area (TPSA) is 75.6 Å². The van der Waals surface area contributed by atoms with Crippen molar-refractivity contribution in [2.45, 2.75) is 6.92 Å². The molecule has 5 heteroatoms. The van der Waals surface area contributed by atoms with Crippen LogP contribution in [-0.2, 0) is 14.3 Å². The lowest BCUT2D eigenvalue weighted by molar-refractivity contribution is -0.143. The molecule has 0 atom stereocenters. The van der Waals surface area contributed by atoms with Crippen LogP contribution in [0.25, 0.3) is 0 Å². The third-order valence-corrected chi connectivity index (χ3v) is 0.879. The highest BCUT2D eigenvalue weighted by Crippen LogP contribution is 1.74. The van der Waals surface area contributed by atoms with Gasteiger partial charge in [-0.1, -0.05) is 0 Å². The molecule has 0 saturated carbocycles. The Bertz CT molecular complexity index is 146. The Hall–Kier alpha value is -1.10. The first-order valence-corrected chi connectivity index (χ1v) is 3.24. The first-order chi connectivity index (χ1) is 5.20. The molecular weight excluding hydrogens is 150 g/mol. The molecule has 0 aliphatic heterocycles. The van der Waals surface area contributed by atoms with Crippen molar-refractivity contribution in [3.05, 3.63) is 0 Å². The van der Waals surface area contributed by atoms with Crippen LogP contribution in [0.4, 0.5) is 0 Å². The fourth-order valence-corrected chi connectivity index (χ4v) is 0.439. The normalized spacial score (nSPS) is 8.91. The van der Waals surface area contributed by atoms with Crippen molar-refractivity contribution in [2.24, 2.45) is 0 Å². The zero-order valence-corrected chi connectivity index (χ0v) is 6.29. The van der Waals surface area contributed by atoms with Crippen LogP contribution in [0.3, 0.4) is 0 Å². The SMILES string of the molecule is CCOC(=O)CNC(=O)CO. The number of carbonyl (C=O) groups is 2. The molecule has 0 rings (SSSR count). The minimum Gasteiger partial charge on any atom is -0.465 e. The maximum Gasteiger partial charge on any atom is 0.325 e. The van der Waals surface area contributed by atoms with Gasteiger partial charge in [0, 0.05) is 0 Å². The highest BCUT2D eigenvalue weighted by molar-refractivity contribution is 5.82.